The minimum absolute atomic E-state index is 0.0114. The first-order valence-corrected chi connectivity index (χ1v) is 29.5. The number of aryl methyl sites for hydroxylation is 2. The van der Waals surface area contributed by atoms with E-state index in [0.717, 1.165) is 93.2 Å². The van der Waals surface area contributed by atoms with E-state index in [0.29, 0.717) is 18.0 Å². The average molecular weight is 1100 g/mol. The van der Waals surface area contributed by atoms with Gasteiger partial charge in [-0.3, -0.25) is 19.6 Å². The van der Waals surface area contributed by atoms with Crippen LogP contribution in [0.4, 0.5) is 20.2 Å². The number of anilines is 2. The highest BCUT2D eigenvalue weighted by molar-refractivity contribution is 9.10. The molecule has 15 heteroatoms. The summed E-state index contributed by atoms with van der Waals surface area (Å²) in [6, 6.07) is 31.5. The van der Waals surface area contributed by atoms with Crippen molar-refractivity contribution in [1.29, 1.82) is 0 Å². The Kier molecular flexibility index (Phi) is 17.6. The number of aliphatic hydroxyl groups excluding tert-OH is 1. The van der Waals surface area contributed by atoms with Crippen LogP contribution in [0.1, 0.15) is 121 Å². The first-order chi connectivity index (χ1) is 35.3. The molecular weight excluding hydrogens is 1030 g/mol. The molecule has 3 heterocycles. The summed E-state index contributed by atoms with van der Waals surface area (Å²) in [5.41, 5.74) is 8.11. The number of halogens is 3. The summed E-state index contributed by atoms with van der Waals surface area (Å²) in [5.74, 6) is -0.706. The third-order valence-electron chi connectivity index (χ3n) is 16.0. The minimum Gasteiger partial charge on any atom is -0.413 e. The number of aliphatic hydroxyl groups is 1. The second-order valence-electron chi connectivity index (χ2n) is 22.7. The van der Waals surface area contributed by atoms with Gasteiger partial charge in [0.2, 0.25) is 11.8 Å². The topological polar surface area (TPSA) is 132 Å². The summed E-state index contributed by atoms with van der Waals surface area (Å²) in [6.45, 7) is 24.0. The van der Waals surface area contributed by atoms with Gasteiger partial charge in [0.15, 0.2) is 8.32 Å². The zero-order chi connectivity index (χ0) is 54.6. The largest absolute Gasteiger partial charge is 0.496 e. The molecule has 6 aromatic rings. The Morgan fingerprint density at radius 3 is 1.53 bits per heavy atom. The number of rotatable bonds is 12. The molecule has 2 amide bonds. The highest BCUT2D eigenvalue weighted by atomic mass is 79.9. The Labute approximate surface area is 452 Å². The van der Waals surface area contributed by atoms with E-state index in [9.17, 15) is 23.5 Å². The van der Waals surface area contributed by atoms with Crippen molar-refractivity contribution in [3.05, 3.63) is 171 Å². The maximum Gasteiger partial charge on any atom is 0.496 e. The molecule has 2 aliphatic carbocycles. The highest BCUT2D eigenvalue weighted by Gasteiger charge is 2.53. The quantitative estimate of drug-likeness (QED) is 0.103. The van der Waals surface area contributed by atoms with E-state index in [-0.39, 0.29) is 46.3 Å². The molecule has 4 aromatic carbocycles. The zero-order valence-corrected chi connectivity index (χ0v) is 47.9. The van der Waals surface area contributed by atoms with E-state index in [1.807, 2.05) is 74.6 Å². The van der Waals surface area contributed by atoms with Gasteiger partial charge in [-0.25, -0.2) is 8.78 Å². The molecule has 0 spiro atoms. The number of carbonyl (C=O) groups is 2. The fourth-order valence-corrected chi connectivity index (χ4v) is 10.3. The van der Waals surface area contributed by atoms with Crippen molar-refractivity contribution in [1.82, 2.24) is 9.97 Å². The molecule has 1 aliphatic heterocycles. The number of benzene rings is 4. The molecule has 0 radical (unpaired) electrons. The Bertz CT molecular complexity index is 2930. The van der Waals surface area contributed by atoms with E-state index < -0.39 is 26.3 Å². The van der Waals surface area contributed by atoms with Gasteiger partial charge < -0.3 is 29.5 Å². The van der Waals surface area contributed by atoms with Crippen LogP contribution in [-0.4, -0.2) is 53.5 Å². The summed E-state index contributed by atoms with van der Waals surface area (Å²) in [4.78, 5) is 34.5. The number of nitrogens with zero attached hydrogens (tertiary/aromatic N) is 2. The predicted octanol–water partition coefficient (Wildman–Crippen LogP) is 13.6. The van der Waals surface area contributed by atoms with Crippen LogP contribution in [0.5, 0.6) is 0 Å². The molecule has 3 N–H and O–H groups in total. The van der Waals surface area contributed by atoms with E-state index in [2.05, 4.69) is 104 Å². The third-order valence-corrected chi connectivity index (χ3v) is 21.0. The lowest BCUT2D eigenvalue weighted by atomic mass is 9.63. The van der Waals surface area contributed by atoms with E-state index in [1.165, 1.54) is 24.3 Å². The van der Waals surface area contributed by atoms with Crippen molar-refractivity contribution in [2.24, 2.45) is 0 Å². The molecule has 396 valence electrons. The fraction of sp³-hybridized carbons (Fsp3) is 0.400. The third kappa shape index (κ3) is 13.1. The Hall–Kier alpha value is -5.42. The van der Waals surface area contributed by atoms with Crippen molar-refractivity contribution in [3.63, 3.8) is 0 Å². The zero-order valence-electron chi connectivity index (χ0n) is 45.3. The van der Waals surface area contributed by atoms with Crippen LogP contribution >= 0.6 is 15.9 Å². The molecule has 3 fully saturated rings. The lowest BCUT2D eigenvalue weighted by molar-refractivity contribution is -0.125. The Morgan fingerprint density at radius 2 is 1.12 bits per heavy atom. The molecular formula is C60H72BBrF2N4O6Si. The molecule has 75 heavy (non-hydrogen) atoms. The van der Waals surface area contributed by atoms with Crippen molar-refractivity contribution in [2.45, 2.75) is 154 Å². The van der Waals surface area contributed by atoms with Crippen LogP contribution in [0, 0.1) is 25.5 Å². The summed E-state index contributed by atoms with van der Waals surface area (Å²) in [7, 11) is -2.23. The number of carbonyl (C=O) groups excluding carboxylic acids is 2. The van der Waals surface area contributed by atoms with E-state index in [4.69, 9.17) is 13.7 Å². The van der Waals surface area contributed by atoms with Gasteiger partial charge in [-0.05, 0) is 186 Å². The summed E-state index contributed by atoms with van der Waals surface area (Å²) in [6.07, 6.45) is 8.96. The number of amides is 2. The number of aromatic nitrogens is 2. The minimum atomic E-state index is -1.83. The van der Waals surface area contributed by atoms with Crippen molar-refractivity contribution in [3.8, 4) is 11.1 Å². The summed E-state index contributed by atoms with van der Waals surface area (Å²) >= 11 is 3.41. The van der Waals surface area contributed by atoms with Gasteiger partial charge in [0, 0.05) is 50.7 Å². The maximum atomic E-state index is 13.1. The summed E-state index contributed by atoms with van der Waals surface area (Å²) in [5, 5.41) is 15.7. The molecule has 0 bridgehead atoms. The molecule has 2 aromatic heterocycles. The van der Waals surface area contributed by atoms with Gasteiger partial charge in [-0.1, -0.05) is 85.9 Å². The molecule has 2 saturated carbocycles. The number of pyridine rings is 2. The second kappa shape index (κ2) is 23.0. The van der Waals surface area contributed by atoms with Crippen LogP contribution in [-0.2, 0) is 47.4 Å². The van der Waals surface area contributed by atoms with Gasteiger partial charge in [0.1, 0.15) is 11.6 Å². The van der Waals surface area contributed by atoms with Crippen LogP contribution < -0.4 is 16.1 Å². The Morgan fingerprint density at radius 1 is 0.693 bits per heavy atom. The predicted molar refractivity (Wildman–Crippen MR) is 302 cm³/mol. The van der Waals surface area contributed by atoms with Gasteiger partial charge >= 0.3 is 7.12 Å². The molecule has 0 unspecified atom stereocenters. The van der Waals surface area contributed by atoms with E-state index >= 15 is 0 Å². The maximum absolute atomic E-state index is 13.1. The lowest BCUT2D eigenvalue weighted by Gasteiger charge is -2.40. The first-order valence-electron chi connectivity index (χ1n) is 25.8. The van der Waals surface area contributed by atoms with Gasteiger partial charge in [-0.2, -0.15) is 0 Å². The van der Waals surface area contributed by atoms with Crippen LogP contribution in [0.15, 0.2) is 126 Å². The van der Waals surface area contributed by atoms with Crippen LogP contribution in [0.2, 0.25) is 18.1 Å². The normalized spacial score (nSPS) is 17.0. The number of nitrogens with one attached hydrogen (secondary N) is 2. The first kappa shape index (κ1) is 57.3. The number of hydrogen-bond acceptors (Lipinski definition) is 8. The average Bonchev–Trinajstić information content (AvgIpc) is 3.55. The second-order valence-corrected chi connectivity index (χ2v) is 28.4. The number of hydrogen-bond donors (Lipinski definition) is 3. The lowest BCUT2D eigenvalue weighted by Crippen LogP contribution is -2.46. The van der Waals surface area contributed by atoms with Crippen LogP contribution in [0.3, 0.4) is 0 Å². The van der Waals surface area contributed by atoms with Gasteiger partial charge in [0.05, 0.1) is 35.2 Å². The molecule has 0 atom stereocenters. The molecule has 10 nitrogen and oxygen atoms in total. The SMILES string of the molecule is Cc1cc(CO)c(-c2ccc(C3(C(=O)Nc4ccc(F)cc4)CCC3)cc2)cn1.Cc1cc(CO[Si](C)(C)C(C)(C)C)c(B2OC(C)(C)C(C)(C)O2)cn1.O=C(Nc1ccc(F)cc1)C1(c2ccc(Br)cc2)CCC1. The van der Waals surface area contributed by atoms with Crippen molar-refractivity contribution >= 4 is 60.0 Å². The molecule has 3 aliphatic rings. The van der Waals surface area contributed by atoms with E-state index in [1.54, 1.807) is 30.5 Å². The van der Waals surface area contributed by atoms with Crippen LogP contribution in [0.25, 0.3) is 11.1 Å². The highest BCUT2D eigenvalue weighted by Crippen LogP contribution is 2.47. The van der Waals surface area contributed by atoms with Gasteiger partial charge in [0.25, 0.3) is 0 Å². The van der Waals surface area contributed by atoms with Gasteiger partial charge in [-0.15, -0.1) is 0 Å². The fourth-order valence-electron chi connectivity index (χ4n) is 9.08. The summed E-state index contributed by atoms with van der Waals surface area (Å²) < 4.78 is 45.9. The molecule has 1 saturated heterocycles. The monoisotopic (exact) mass is 1100 g/mol. The molecule has 9 rings (SSSR count). The van der Waals surface area contributed by atoms with Crippen molar-refractivity contribution in [2.75, 3.05) is 10.6 Å². The van der Waals surface area contributed by atoms with Crippen molar-refractivity contribution < 1.29 is 37.2 Å². The smallest absolute Gasteiger partial charge is 0.413 e. The Balaban J connectivity index is 0.000000166. The standard InChI is InChI=1S/C24H23FN2O2.C19H34BNO3Si.C17H15BrFNO/c1-16-13-18(15-28)22(14-26-16)17-3-5-19(6-4-17)24(11-2-12-24)23(29)27-21-9-7-20(25)8-10-21;1-14-11-15(13-22-25(9,10)17(2,3)4)16(12-21-14)20-23-18(5,6)19(7,8)24-20;18-13-4-2-12(3-5-13)17(10-1-11-17)16(21)20-15-8-6-14(19)7-9-15/h3-10,13-14,28H,2,11-12,15H2,1H3,(H,27,29);11-12H,13H2,1-10H3;2-9H,1,10-11H2,(H,20,21).